The van der Waals surface area contributed by atoms with E-state index >= 15 is 0 Å². The molecule has 0 saturated carbocycles. The molecule has 4 aromatic carbocycles. The molecule has 2 aromatic heterocycles. The van der Waals surface area contributed by atoms with E-state index in [1.807, 2.05) is 109 Å². The van der Waals surface area contributed by atoms with E-state index in [2.05, 4.69) is 0 Å². The molecule has 0 N–H and O–H groups in total. The van der Waals surface area contributed by atoms with Crippen LogP contribution in [-0.2, 0) is 12.8 Å². The number of carbonyl (C=O) groups excluding carboxylic acids is 2. The highest BCUT2D eigenvalue weighted by atomic mass is 16.5. The fourth-order valence-corrected chi connectivity index (χ4v) is 5.22. The zero-order valence-electron chi connectivity index (χ0n) is 22.3. The molecule has 0 aliphatic rings. The monoisotopic (exact) mass is 528 g/mol. The predicted molar refractivity (Wildman–Crippen MR) is 158 cm³/mol. The van der Waals surface area contributed by atoms with Gasteiger partial charge in [-0.1, -0.05) is 60.7 Å². The average molecular weight is 529 g/mol. The molecule has 0 bridgehead atoms. The predicted octanol–water partition coefficient (Wildman–Crippen LogP) is 7.05. The van der Waals surface area contributed by atoms with Crippen molar-refractivity contribution in [3.8, 4) is 22.9 Å². The molecule has 0 radical (unpaired) electrons. The Morgan fingerprint density at radius 2 is 0.925 bits per heavy atom. The molecular formula is C34H28N2O4. The minimum absolute atomic E-state index is 0.0826. The van der Waals surface area contributed by atoms with Gasteiger partial charge in [-0.2, -0.15) is 0 Å². The Hall–Kier alpha value is -5.10. The first-order valence-electron chi connectivity index (χ1n) is 13.1. The third kappa shape index (κ3) is 4.64. The van der Waals surface area contributed by atoms with Crippen molar-refractivity contribution in [1.82, 2.24) is 9.13 Å². The molecular weight excluding hydrogens is 500 g/mol. The number of benzene rings is 4. The SMILES string of the molecule is COc1ccc(CC(=O)n2c(-c3cc4ccccc4n3C(=O)Cc3ccc(OC)cc3)cc3ccccc32)cc1. The third-order valence-corrected chi connectivity index (χ3v) is 7.21. The molecule has 2 heterocycles. The van der Waals surface area contributed by atoms with E-state index in [1.165, 1.54) is 0 Å². The Morgan fingerprint density at radius 3 is 1.30 bits per heavy atom. The van der Waals surface area contributed by atoms with E-state index in [0.717, 1.165) is 44.4 Å². The van der Waals surface area contributed by atoms with Crippen LogP contribution in [0.25, 0.3) is 33.2 Å². The minimum Gasteiger partial charge on any atom is -0.497 e. The van der Waals surface area contributed by atoms with Crippen LogP contribution in [0.4, 0.5) is 0 Å². The van der Waals surface area contributed by atoms with Crippen molar-refractivity contribution in [3.63, 3.8) is 0 Å². The molecule has 40 heavy (non-hydrogen) atoms. The Kier molecular flexibility index (Phi) is 6.66. The van der Waals surface area contributed by atoms with Crippen molar-refractivity contribution in [2.75, 3.05) is 14.2 Å². The Labute approximate surface area is 232 Å². The zero-order chi connectivity index (χ0) is 27.6. The lowest BCUT2D eigenvalue weighted by Gasteiger charge is -2.13. The van der Waals surface area contributed by atoms with Gasteiger partial charge in [0.25, 0.3) is 0 Å². The van der Waals surface area contributed by atoms with E-state index in [0.29, 0.717) is 11.4 Å². The lowest BCUT2D eigenvalue weighted by molar-refractivity contribution is 0.0907. The number of hydrogen-bond acceptors (Lipinski definition) is 4. The minimum atomic E-state index is -0.0826. The summed E-state index contributed by atoms with van der Waals surface area (Å²) >= 11 is 0. The normalized spacial score (nSPS) is 11.2. The van der Waals surface area contributed by atoms with Gasteiger partial charge in [0, 0.05) is 10.8 Å². The molecule has 6 nitrogen and oxygen atoms in total. The van der Waals surface area contributed by atoms with Crippen LogP contribution in [0.5, 0.6) is 11.5 Å². The summed E-state index contributed by atoms with van der Waals surface area (Å²) in [7, 11) is 3.24. The maximum atomic E-state index is 13.9. The van der Waals surface area contributed by atoms with Gasteiger partial charge in [-0.05, 0) is 59.7 Å². The quantitative estimate of drug-likeness (QED) is 0.223. The van der Waals surface area contributed by atoms with E-state index in [9.17, 15) is 9.59 Å². The summed E-state index contributed by atoms with van der Waals surface area (Å²) < 4.78 is 14.0. The van der Waals surface area contributed by atoms with Gasteiger partial charge < -0.3 is 9.47 Å². The molecule has 0 amide bonds. The summed E-state index contributed by atoms with van der Waals surface area (Å²) in [4.78, 5) is 27.8. The molecule has 198 valence electrons. The van der Waals surface area contributed by atoms with Crippen molar-refractivity contribution >= 4 is 33.6 Å². The molecule has 0 saturated heterocycles. The van der Waals surface area contributed by atoms with Crippen molar-refractivity contribution in [2.24, 2.45) is 0 Å². The van der Waals surface area contributed by atoms with Crippen LogP contribution < -0.4 is 9.47 Å². The fraction of sp³-hybridized carbons (Fsp3) is 0.118. The molecule has 6 rings (SSSR count). The number of ether oxygens (including phenoxy) is 2. The molecule has 6 heteroatoms. The lowest BCUT2D eigenvalue weighted by Crippen LogP contribution is -2.18. The first-order valence-corrected chi connectivity index (χ1v) is 13.1. The van der Waals surface area contributed by atoms with Crippen LogP contribution in [0.2, 0.25) is 0 Å². The first kappa shape index (κ1) is 25.2. The number of para-hydroxylation sites is 2. The summed E-state index contributed by atoms with van der Waals surface area (Å²) in [6.45, 7) is 0. The molecule has 0 spiro atoms. The fourth-order valence-electron chi connectivity index (χ4n) is 5.22. The second kappa shape index (κ2) is 10.6. The number of aromatic nitrogens is 2. The Morgan fingerprint density at radius 1 is 0.550 bits per heavy atom. The van der Waals surface area contributed by atoms with Crippen molar-refractivity contribution in [3.05, 3.63) is 120 Å². The van der Waals surface area contributed by atoms with Crippen LogP contribution in [0.3, 0.4) is 0 Å². The van der Waals surface area contributed by atoms with Gasteiger partial charge in [-0.3, -0.25) is 18.7 Å². The first-order chi connectivity index (χ1) is 19.6. The summed E-state index contributed by atoms with van der Waals surface area (Å²) in [6.07, 6.45) is 0.408. The van der Waals surface area contributed by atoms with E-state index < -0.39 is 0 Å². The van der Waals surface area contributed by atoms with Crippen molar-refractivity contribution < 1.29 is 19.1 Å². The van der Waals surface area contributed by atoms with Crippen LogP contribution in [0.1, 0.15) is 20.7 Å². The summed E-state index contributed by atoms with van der Waals surface area (Å²) in [5.74, 6) is 1.31. The molecule has 0 aliphatic heterocycles. The topological polar surface area (TPSA) is 62.5 Å². The van der Waals surface area contributed by atoms with Gasteiger partial charge in [0.1, 0.15) is 11.5 Å². The number of nitrogens with zero attached hydrogens (tertiary/aromatic N) is 2. The van der Waals surface area contributed by atoms with Gasteiger partial charge in [0.15, 0.2) is 0 Å². The number of rotatable bonds is 7. The maximum Gasteiger partial charge on any atom is 0.236 e. The van der Waals surface area contributed by atoms with Gasteiger partial charge in [-0.15, -0.1) is 0 Å². The number of hydrogen-bond donors (Lipinski definition) is 0. The Balaban J connectivity index is 1.47. The van der Waals surface area contributed by atoms with Crippen molar-refractivity contribution in [1.29, 1.82) is 0 Å². The summed E-state index contributed by atoms with van der Waals surface area (Å²) in [5.41, 5.74) is 4.72. The van der Waals surface area contributed by atoms with Crippen LogP contribution in [0, 0.1) is 0 Å². The second-order valence-corrected chi connectivity index (χ2v) is 9.68. The van der Waals surface area contributed by atoms with Gasteiger partial charge in [-0.25, -0.2) is 0 Å². The second-order valence-electron chi connectivity index (χ2n) is 9.68. The smallest absolute Gasteiger partial charge is 0.236 e. The van der Waals surface area contributed by atoms with E-state index in [1.54, 1.807) is 23.4 Å². The van der Waals surface area contributed by atoms with Gasteiger partial charge >= 0.3 is 0 Å². The average Bonchev–Trinajstić information content (AvgIpc) is 3.57. The molecule has 0 aliphatic carbocycles. The van der Waals surface area contributed by atoms with Crippen molar-refractivity contribution in [2.45, 2.75) is 12.8 Å². The summed E-state index contributed by atoms with van der Waals surface area (Å²) in [6, 6.07) is 34.6. The van der Waals surface area contributed by atoms with Gasteiger partial charge in [0.2, 0.25) is 11.8 Å². The largest absolute Gasteiger partial charge is 0.497 e. The van der Waals surface area contributed by atoms with Crippen LogP contribution in [0.15, 0.2) is 109 Å². The molecule has 0 fully saturated rings. The molecule has 0 unspecified atom stereocenters. The van der Waals surface area contributed by atoms with E-state index in [4.69, 9.17) is 9.47 Å². The van der Waals surface area contributed by atoms with E-state index in [-0.39, 0.29) is 24.7 Å². The van der Waals surface area contributed by atoms with Crippen LogP contribution in [-0.4, -0.2) is 35.2 Å². The van der Waals surface area contributed by atoms with Crippen LogP contribution >= 0.6 is 0 Å². The highest BCUT2D eigenvalue weighted by Gasteiger charge is 2.23. The number of fused-ring (bicyclic) bond motifs is 2. The zero-order valence-corrected chi connectivity index (χ0v) is 22.3. The summed E-state index contributed by atoms with van der Waals surface area (Å²) in [5, 5.41) is 1.86. The maximum absolute atomic E-state index is 13.9. The highest BCUT2D eigenvalue weighted by Crippen LogP contribution is 2.33. The van der Waals surface area contributed by atoms with Gasteiger partial charge in [0.05, 0.1) is 49.5 Å². The number of carbonyl (C=O) groups is 2. The molecule has 6 aromatic rings. The standard InChI is InChI=1S/C34H28N2O4/c1-39-27-15-11-23(12-16-27)19-33(37)35-29-9-5-3-7-25(29)21-31(35)32-22-26-8-4-6-10-30(26)36(32)34(38)20-24-13-17-28(40-2)18-14-24/h3-18,21-22H,19-20H2,1-2H3. The molecule has 0 atom stereocenters. The third-order valence-electron chi connectivity index (χ3n) is 7.21. The number of methoxy groups -OCH3 is 2. The highest BCUT2D eigenvalue weighted by molar-refractivity contribution is 6.04. The Bertz CT molecular complexity index is 1710. The lowest BCUT2D eigenvalue weighted by atomic mass is 10.1.